The zero-order chi connectivity index (χ0) is 13.7. The zero-order valence-corrected chi connectivity index (χ0v) is 11.8. The van der Waals surface area contributed by atoms with Crippen molar-refractivity contribution in [2.45, 2.75) is 37.8 Å². The Bertz CT molecular complexity index is 402. The molecular weight excluding hydrogens is 270 g/mol. The lowest BCUT2D eigenvalue weighted by atomic mass is 10.1. The number of hydrogen-bond acceptors (Lipinski definition) is 6. The number of carbonyl (C=O) groups excluding carboxylic acids is 1. The quantitative estimate of drug-likeness (QED) is 0.711. The summed E-state index contributed by atoms with van der Waals surface area (Å²) < 4.78 is 33.1. The summed E-state index contributed by atoms with van der Waals surface area (Å²) >= 11 is 0. The van der Waals surface area contributed by atoms with Crippen LogP contribution in [0.15, 0.2) is 0 Å². The summed E-state index contributed by atoms with van der Waals surface area (Å²) in [6.45, 7) is 1.09. The molecule has 2 saturated heterocycles. The van der Waals surface area contributed by atoms with Crippen LogP contribution in [0, 0.1) is 0 Å². The van der Waals surface area contributed by atoms with Crippen LogP contribution in [-0.2, 0) is 24.1 Å². The molecule has 2 heterocycles. The molecule has 0 aromatic heterocycles. The maximum absolute atomic E-state index is 11.5. The third kappa shape index (κ3) is 5.08. The topological polar surface area (TPSA) is 81.7 Å². The maximum Gasteiger partial charge on any atom is 0.320 e. The molecule has 2 rings (SSSR count). The Morgan fingerprint density at radius 2 is 2.16 bits per heavy atom. The van der Waals surface area contributed by atoms with E-state index in [9.17, 15) is 13.2 Å². The molecule has 7 heteroatoms. The Hall–Kier alpha value is -0.660. The predicted molar refractivity (Wildman–Crippen MR) is 69.6 cm³/mol. The van der Waals surface area contributed by atoms with Gasteiger partial charge in [-0.25, -0.2) is 8.42 Å². The average Bonchev–Trinajstić information content (AvgIpc) is 2.75. The first-order valence-corrected chi connectivity index (χ1v) is 8.58. The van der Waals surface area contributed by atoms with Crippen molar-refractivity contribution in [2.75, 3.05) is 31.3 Å². The number of nitrogens with one attached hydrogen (secondary N) is 1. The molecule has 0 aromatic rings. The second-order valence-electron chi connectivity index (χ2n) is 5.15. The van der Waals surface area contributed by atoms with Crippen molar-refractivity contribution in [3.8, 4) is 0 Å². The maximum atomic E-state index is 11.5. The van der Waals surface area contributed by atoms with Crippen molar-refractivity contribution >= 4 is 15.8 Å². The minimum absolute atomic E-state index is 0.0181. The molecule has 2 fully saturated rings. The van der Waals surface area contributed by atoms with Gasteiger partial charge >= 0.3 is 5.97 Å². The molecule has 2 atom stereocenters. The fourth-order valence-corrected chi connectivity index (χ4v) is 4.07. The highest BCUT2D eigenvalue weighted by Gasteiger charge is 2.28. The molecule has 2 aliphatic rings. The largest absolute Gasteiger partial charge is 0.462 e. The first-order valence-electron chi connectivity index (χ1n) is 6.76. The van der Waals surface area contributed by atoms with Crippen molar-refractivity contribution in [3.05, 3.63) is 0 Å². The molecule has 0 saturated carbocycles. The Balaban J connectivity index is 1.59. The van der Waals surface area contributed by atoms with E-state index in [1.54, 1.807) is 0 Å². The molecule has 0 aromatic carbocycles. The van der Waals surface area contributed by atoms with Gasteiger partial charge in [0.05, 0.1) is 24.2 Å². The van der Waals surface area contributed by atoms with Crippen molar-refractivity contribution in [1.82, 2.24) is 5.32 Å². The molecule has 2 aliphatic heterocycles. The fourth-order valence-electron chi connectivity index (χ4n) is 2.36. The van der Waals surface area contributed by atoms with Crippen LogP contribution in [0.4, 0.5) is 0 Å². The Labute approximate surface area is 113 Å². The van der Waals surface area contributed by atoms with Crippen LogP contribution in [0.25, 0.3) is 0 Å². The number of rotatable bonds is 5. The Morgan fingerprint density at radius 3 is 2.79 bits per heavy atom. The molecule has 2 unspecified atom stereocenters. The Morgan fingerprint density at radius 1 is 1.32 bits per heavy atom. The number of carbonyl (C=O) groups is 1. The molecule has 0 radical (unpaired) electrons. The van der Waals surface area contributed by atoms with Gasteiger partial charge in [-0.15, -0.1) is 0 Å². The van der Waals surface area contributed by atoms with Crippen LogP contribution in [-0.4, -0.2) is 57.8 Å². The lowest BCUT2D eigenvalue weighted by molar-refractivity contribution is -0.148. The molecule has 0 bridgehead atoms. The van der Waals surface area contributed by atoms with Gasteiger partial charge in [0.15, 0.2) is 9.84 Å². The van der Waals surface area contributed by atoms with E-state index in [1.165, 1.54) is 0 Å². The molecule has 0 amide bonds. The molecule has 110 valence electrons. The van der Waals surface area contributed by atoms with E-state index in [0.717, 1.165) is 25.9 Å². The highest BCUT2D eigenvalue weighted by molar-refractivity contribution is 7.91. The summed E-state index contributed by atoms with van der Waals surface area (Å²) in [5, 5.41) is 2.93. The summed E-state index contributed by atoms with van der Waals surface area (Å²) in [5.74, 6) is -0.0276. The van der Waals surface area contributed by atoms with Crippen molar-refractivity contribution in [1.29, 1.82) is 0 Å². The van der Waals surface area contributed by atoms with Gasteiger partial charge in [0, 0.05) is 12.6 Å². The summed E-state index contributed by atoms with van der Waals surface area (Å²) in [6.07, 6.45) is 3.70. The number of hydrogen-bond donors (Lipinski definition) is 1. The van der Waals surface area contributed by atoms with Gasteiger partial charge in [-0.1, -0.05) is 0 Å². The van der Waals surface area contributed by atoms with E-state index in [2.05, 4.69) is 5.32 Å². The summed E-state index contributed by atoms with van der Waals surface area (Å²) in [5.41, 5.74) is 0. The van der Waals surface area contributed by atoms with Gasteiger partial charge in [-0.2, -0.15) is 0 Å². The van der Waals surface area contributed by atoms with Crippen LogP contribution in [0.1, 0.15) is 25.7 Å². The predicted octanol–water partition coefficient (Wildman–Crippen LogP) is -0.125. The SMILES string of the molecule is O=C(CNC1CCS(=O)(=O)C1)OCC1CCCCO1. The fraction of sp³-hybridized carbons (Fsp3) is 0.917. The second-order valence-corrected chi connectivity index (χ2v) is 7.38. The van der Waals surface area contributed by atoms with Crippen molar-refractivity contribution in [3.63, 3.8) is 0 Å². The highest BCUT2D eigenvalue weighted by atomic mass is 32.2. The minimum atomic E-state index is -2.91. The van der Waals surface area contributed by atoms with E-state index in [0.29, 0.717) is 13.0 Å². The van der Waals surface area contributed by atoms with Crippen LogP contribution >= 0.6 is 0 Å². The van der Waals surface area contributed by atoms with E-state index < -0.39 is 9.84 Å². The molecule has 6 nitrogen and oxygen atoms in total. The van der Waals surface area contributed by atoms with Crippen LogP contribution in [0.5, 0.6) is 0 Å². The lowest BCUT2D eigenvalue weighted by Gasteiger charge is -2.22. The van der Waals surface area contributed by atoms with Crippen LogP contribution < -0.4 is 5.32 Å². The van der Waals surface area contributed by atoms with E-state index in [-0.39, 0.29) is 36.2 Å². The van der Waals surface area contributed by atoms with Crippen molar-refractivity contribution in [2.24, 2.45) is 0 Å². The first-order chi connectivity index (χ1) is 9.05. The van der Waals surface area contributed by atoms with Crippen LogP contribution in [0.3, 0.4) is 0 Å². The Kier molecular flexibility index (Phi) is 5.18. The highest BCUT2D eigenvalue weighted by Crippen LogP contribution is 2.13. The number of esters is 1. The van der Waals surface area contributed by atoms with Gasteiger partial charge in [-0.3, -0.25) is 4.79 Å². The molecule has 0 spiro atoms. The first kappa shape index (κ1) is 14.7. The molecule has 0 aliphatic carbocycles. The molecule has 1 N–H and O–H groups in total. The van der Waals surface area contributed by atoms with Crippen molar-refractivity contribution < 1.29 is 22.7 Å². The summed E-state index contributed by atoms with van der Waals surface area (Å²) in [6, 6.07) is -0.122. The molecule has 19 heavy (non-hydrogen) atoms. The van der Waals surface area contributed by atoms with Crippen LogP contribution in [0.2, 0.25) is 0 Å². The zero-order valence-electron chi connectivity index (χ0n) is 11.0. The average molecular weight is 291 g/mol. The summed E-state index contributed by atoms with van der Waals surface area (Å²) in [4.78, 5) is 11.5. The third-order valence-electron chi connectivity index (χ3n) is 3.47. The van der Waals surface area contributed by atoms with E-state index >= 15 is 0 Å². The smallest absolute Gasteiger partial charge is 0.320 e. The van der Waals surface area contributed by atoms with Gasteiger partial charge in [0.25, 0.3) is 0 Å². The van der Waals surface area contributed by atoms with Gasteiger partial charge in [0.2, 0.25) is 0 Å². The van der Waals surface area contributed by atoms with Gasteiger partial charge < -0.3 is 14.8 Å². The summed E-state index contributed by atoms with van der Waals surface area (Å²) in [7, 11) is -2.91. The standard InChI is InChI=1S/C12H21NO5S/c14-12(18-8-11-3-1-2-5-17-11)7-13-10-4-6-19(15,16)9-10/h10-11,13H,1-9H2. The number of ether oxygens (including phenoxy) is 2. The second kappa shape index (κ2) is 6.67. The molecular formula is C12H21NO5S. The third-order valence-corrected chi connectivity index (χ3v) is 5.24. The van der Waals surface area contributed by atoms with Gasteiger partial charge in [-0.05, 0) is 25.7 Å². The number of sulfone groups is 1. The van der Waals surface area contributed by atoms with E-state index in [4.69, 9.17) is 9.47 Å². The van der Waals surface area contributed by atoms with E-state index in [1.807, 2.05) is 0 Å². The monoisotopic (exact) mass is 291 g/mol. The minimum Gasteiger partial charge on any atom is -0.462 e. The lowest BCUT2D eigenvalue weighted by Crippen LogP contribution is -2.36. The van der Waals surface area contributed by atoms with Gasteiger partial charge in [0.1, 0.15) is 6.61 Å². The normalized spacial score (nSPS) is 30.1.